The van der Waals surface area contributed by atoms with Crippen molar-refractivity contribution in [1.29, 1.82) is 0 Å². The molecule has 3 heteroatoms. The van der Waals surface area contributed by atoms with E-state index in [4.69, 9.17) is 5.73 Å². The molecule has 0 saturated carbocycles. The number of carbonyl (C=O) groups is 1. The van der Waals surface area contributed by atoms with E-state index in [2.05, 4.69) is 72.0 Å². The summed E-state index contributed by atoms with van der Waals surface area (Å²) in [5.74, 6) is 0.0969. The fourth-order valence-corrected chi connectivity index (χ4v) is 4.53. The first-order valence-electron chi connectivity index (χ1n) is 11.2. The van der Waals surface area contributed by atoms with Crippen LogP contribution in [0.15, 0.2) is 78.9 Å². The molecule has 0 radical (unpaired) electrons. The monoisotopic (exact) mass is 414 g/mol. The Labute approximate surface area is 186 Å². The van der Waals surface area contributed by atoms with Gasteiger partial charge in [-0.2, -0.15) is 0 Å². The number of nitrogens with two attached hydrogens (primary N) is 1. The van der Waals surface area contributed by atoms with Gasteiger partial charge < -0.3 is 11.1 Å². The van der Waals surface area contributed by atoms with Crippen LogP contribution in [0.4, 0.5) is 0 Å². The van der Waals surface area contributed by atoms with Crippen molar-refractivity contribution in [3.8, 4) is 11.1 Å². The second kappa shape index (κ2) is 10.4. The lowest BCUT2D eigenvalue weighted by molar-refractivity contribution is -0.125. The third kappa shape index (κ3) is 4.88. The summed E-state index contributed by atoms with van der Waals surface area (Å²) in [4.78, 5) is 13.2. The van der Waals surface area contributed by atoms with Crippen LogP contribution >= 0.6 is 0 Å². The lowest BCUT2D eigenvalue weighted by Crippen LogP contribution is -2.42. The van der Waals surface area contributed by atoms with E-state index in [0.717, 1.165) is 36.8 Å². The van der Waals surface area contributed by atoms with Crippen molar-refractivity contribution in [1.82, 2.24) is 5.32 Å². The fraction of sp³-hybridized carbons (Fsp3) is 0.321. The summed E-state index contributed by atoms with van der Waals surface area (Å²) < 4.78 is 0. The summed E-state index contributed by atoms with van der Waals surface area (Å²) in [5, 5.41) is 2.95. The molecule has 0 saturated heterocycles. The van der Waals surface area contributed by atoms with Gasteiger partial charge in [-0.15, -0.1) is 0 Å². The molecule has 0 unspecified atom stereocenters. The molecule has 0 atom stereocenters. The number of rotatable bonds is 6. The second-order valence-corrected chi connectivity index (χ2v) is 8.51. The van der Waals surface area contributed by atoms with Gasteiger partial charge in [0.2, 0.25) is 5.91 Å². The molecule has 1 aliphatic rings. The first-order valence-corrected chi connectivity index (χ1v) is 11.2. The molecule has 3 N–H and O–H groups in total. The predicted octanol–water partition coefficient (Wildman–Crippen LogP) is 5.47. The van der Waals surface area contributed by atoms with E-state index in [1.165, 1.54) is 16.7 Å². The zero-order chi connectivity index (χ0) is 22.3. The molecule has 0 aromatic heterocycles. The van der Waals surface area contributed by atoms with Gasteiger partial charge in [0.25, 0.3) is 0 Å². The Morgan fingerprint density at radius 3 is 1.84 bits per heavy atom. The summed E-state index contributed by atoms with van der Waals surface area (Å²) in [6, 6.07) is 27.7. The number of hydrogen-bond acceptors (Lipinski definition) is 2. The van der Waals surface area contributed by atoms with Crippen LogP contribution in [0.5, 0.6) is 0 Å². The Balaban J connectivity index is 0.000000628. The van der Waals surface area contributed by atoms with E-state index in [1.54, 1.807) is 7.05 Å². The number of likely N-dealkylation sites (N-methyl/N-ethyl adjacent to an activating group) is 1. The highest BCUT2D eigenvalue weighted by atomic mass is 16.2. The molecule has 3 aromatic carbocycles. The molecule has 0 aliphatic heterocycles. The molecule has 0 bridgehead atoms. The first-order chi connectivity index (χ1) is 15.0. The largest absolute Gasteiger partial charge is 0.358 e. The molecular formula is C28H34N2O. The smallest absolute Gasteiger partial charge is 0.234 e. The molecule has 1 aliphatic carbocycles. The van der Waals surface area contributed by atoms with E-state index in [9.17, 15) is 4.79 Å². The summed E-state index contributed by atoms with van der Waals surface area (Å²) in [7, 11) is 1.75. The van der Waals surface area contributed by atoms with Gasteiger partial charge in [0.15, 0.2) is 0 Å². The Hall–Kier alpha value is -2.91. The molecule has 31 heavy (non-hydrogen) atoms. The first kappa shape index (κ1) is 22.8. The quantitative estimate of drug-likeness (QED) is 0.526. The number of unbranched alkanes of at least 4 members (excludes halogenated alkanes) is 1. The van der Waals surface area contributed by atoms with E-state index < -0.39 is 5.41 Å². The van der Waals surface area contributed by atoms with Gasteiger partial charge in [-0.25, -0.2) is 0 Å². The van der Waals surface area contributed by atoms with E-state index in [0.29, 0.717) is 6.04 Å². The number of aryl methyl sites for hydroxylation is 1. The summed E-state index contributed by atoms with van der Waals surface area (Å²) in [6.45, 7) is 3.89. The van der Waals surface area contributed by atoms with Crippen LogP contribution in [0.1, 0.15) is 49.8 Å². The summed E-state index contributed by atoms with van der Waals surface area (Å²) >= 11 is 0. The predicted molar refractivity (Wildman–Crippen MR) is 130 cm³/mol. The van der Waals surface area contributed by atoms with Crippen molar-refractivity contribution in [3.05, 3.63) is 95.6 Å². The van der Waals surface area contributed by atoms with Gasteiger partial charge in [-0.1, -0.05) is 99.1 Å². The molecule has 1 amide bonds. The van der Waals surface area contributed by atoms with Crippen LogP contribution in [0.3, 0.4) is 0 Å². The van der Waals surface area contributed by atoms with Gasteiger partial charge in [0.05, 0.1) is 0 Å². The summed E-state index contributed by atoms with van der Waals surface area (Å²) in [6.07, 6.45) is 3.96. The van der Waals surface area contributed by atoms with Crippen LogP contribution in [0.25, 0.3) is 11.1 Å². The second-order valence-electron chi connectivity index (χ2n) is 8.51. The van der Waals surface area contributed by atoms with Crippen molar-refractivity contribution >= 4 is 5.91 Å². The van der Waals surface area contributed by atoms with E-state index in [-0.39, 0.29) is 5.91 Å². The normalized spacial score (nSPS) is 13.1. The van der Waals surface area contributed by atoms with Gasteiger partial charge >= 0.3 is 0 Å². The van der Waals surface area contributed by atoms with E-state index >= 15 is 0 Å². The topological polar surface area (TPSA) is 55.1 Å². The van der Waals surface area contributed by atoms with Gasteiger partial charge in [0, 0.05) is 7.05 Å². The van der Waals surface area contributed by atoms with Gasteiger partial charge in [-0.3, -0.25) is 4.79 Å². The lowest BCUT2D eigenvalue weighted by Gasteiger charge is -2.30. The Kier molecular flexibility index (Phi) is 7.64. The third-order valence-corrected chi connectivity index (χ3v) is 5.79. The van der Waals surface area contributed by atoms with Crippen LogP contribution in [0.2, 0.25) is 0 Å². The van der Waals surface area contributed by atoms with Crippen molar-refractivity contribution in [3.63, 3.8) is 0 Å². The lowest BCUT2D eigenvalue weighted by atomic mass is 9.73. The standard InChI is InChI=1S/C25H25NO.C3H9N/c1-26-24(27)25(18-10-9-13-19-11-3-2-4-12-19)22-16-7-5-14-20(22)21-15-6-8-17-23(21)25;1-3(2)4/h2-8,11-12,14-17H,9-10,13,18H2,1H3,(H,26,27);3H,4H2,1-2H3. The molecule has 3 aromatic rings. The fourth-order valence-electron chi connectivity index (χ4n) is 4.53. The molecule has 162 valence electrons. The molecular weight excluding hydrogens is 380 g/mol. The number of hydrogen-bond donors (Lipinski definition) is 2. The number of carbonyl (C=O) groups excluding carboxylic acids is 1. The maximum absolute atomic E-state index is 13.2. The molecule has 0 spiro atoms. The minimum atomic E-state index is -0.585. The van der Waals surface area contributed by atoms with Crippen molar-refractivity contribution < 1.29 is 4.79 Å². The van der Waals surface area contributed by atoms with Crippen LogP contribution in [-0.4, -0.2) is 19.0 Å². The SMILES string of the molecule is CC(C)N.CNC(=O)C1(CCCCc2ccccc2)c2ccccc2-c2ccccc21. The maximum atomic E-state index is 13.2. The van der Waals surface area contributed by atoms with Crippen molar-refractivity contribution in [2.45, 2.75) is 51.0 Å². The minimum absolute atomic E-state index is 0.0969. The zero-order valence-corrected chi connectivity index (χ0v) is 18.9. The van der Waals surface area contributed by atoms with Crippen molar-refractivity contribution in [2.75, 3.05) is 7.05 Å². The highest BCUT2D eigenvalue weighted by molar-refractivity contribution is 6.00. The molecule has 3 nitrogen and oxygen atoms in total. The maximum Gasteiger partial charge on any atom is 0.234 e. The third-order valence-electron chi connectivity index (χ3n) is 5.79. The molecule has 4 rings (SSSR count). The number of fused-ring (bicyclic) bond motifs is 3. The Morgan fingerprint density at radius 2 is 1.32 bits per heavy atom. The molecule has 0 fully saturated rings. The number of nitrogens with one attached hydrogen (secondary N) is 1. The Bertz CT molecular complexity index is 946. The molecule has 0 heterocycles. The number of benzene rings is 3. The van der Waals surface area contributed by atoms with E-state index in [1.807, 2.05) is 26.0 Å². The average Bonchev–Trinajstić information content (AvgIpc) is 3.08. The van der Waals surface area contributed by atoms with Crippen LogP contribution in [-0.2, 0) is 16.6 Å². The average molecular weight is 415 g/mol. The minimum Gasteiger partial charge on any atom is -0.358 e. The number of amides is 1. The van der Waals surface area contributed by atoms with Crippen molar-refractivity contribution in [2.24, 2.45) is 5.73 Å². The zero-order valence-electron chi connectivity index (χ0n) is 18.9. The van der Waals surface area contributed by atoms with Crippen LogP contribution in [0, 0.1) is 0 Å². The summed E-state index contributed by atoms with van der Waals surface area (Å²) in [5.41, 5.74) is 10.6. The van der Waals surface area contributed by atoms with Crippen LogP contribution < -0.4 is 11.1 Å². The highest BCUT2D eigenvalue weighted by Crippen LogP contribution is 2.51. The highest BCUT2D eigenvalue weighted by Gasteiger charge is 2.47. The van der Waals surface area contributed by atoms with Gasteiger partial charge in [-0.05, 0) is 53.1 Å². The van der Waals surface area contributed by atoms with Gasteiger partial charge in [0.1, 0.15) is 5.41 Å². The Morgan fingerprint density at radius 1 is 0.839 bits per heavy atom.